The van der Waals surface area contributed by atoms with Crippen LogP contribution in [0, 0.1) is 0 Å². The summed E-state index contributed by atoms with van der Waals surface area (Å²) in [5.41, 5.74) is 3.35. The Morgan fingerprint density at radius 2 is 1.32 bits per heavy atom. The van der Waals surface area contributed by atoms with E-state index in [0.717, 1.165) is 62.1 Å². The molecule has 0 spiro atoms. The zero-order valence-corrected chi connectivity index (χ0v) is 13.7. The molecule has 0 fully saturated rings. The summed E-state index contributed by atoms with van der Waals surface area (Å²) in [6.07, 6.45) is 1.98. The number of aliphatic imine (C=N–C) groups is 2. The number of ether oxygens (including phenoxy) is 2. The molecule has 0 atom stereocenters. The highest BCUT2D eigenvalue weighted by Crippen LogP contribution is 2.26. The maximum absolute atomic E-state index is 5.74. The summed E-state index contributed by atoms with van der Waals surface area (Å²) < 4.78 is 11.5. The van der Waals surface area contributed by atoms with Gasteiger partial charge in [0.05, 0.1) is 13.2 Å². The topological polar surface area (TPSA) is 43.2 Å². The third-order valence-electron chi connectivity index (χ3n) is 3.89. The molecule has 3 rings (SSSR count). The monoisotopic (exact) mass is 300 g/mol. The number of hydrogen-bond donors (Lipinski definition) is 0. The molecule has 0 bridgehead atoms. The van der Waals surface area contributed by atoms with E-state index < -0.39 is 0 Å². The van der Waals surface area contributed by atoms with E-state index in [2.05, 4.69) is 49.0 Å². The van der Waals surface area contributed by atoms with Crippen molar-refractivity contribution in [2.24, 2.45) is 9.98 Å². The van der Waals surface area contributed by atoms with E-state index in [-0.39, 0.29) is 5.41 Å². The Hall–Kier alpha value is -1.84. The van der Waals surface area contributed by atoms with Crippen LogP contribution in [0.25, 0.3) is 0 Å². The number of benzene rings is 1. The van der Waals surface area contributed by atoms with Gasteiger partial charge in [-0.25, -0.2) is 0 Å². The minimum absolute atomic E-state index is 0.0508. The van der Waals surface area contributed by atoms with Crippen molar-refractivity contribution in [2.75, 3.05) is 26.3 Å². The molecule has 0 amide bonds. The summed E-state index contributed by atoms with van der Waals surface area (Å²) >= 11 is 0. The standard InChI is InChI=1S/C18H24N2O2/c1-18(2,3)15-11-13(16-19-6-4-8-21-16)10-14(12-15)17-20-7-5-9-22-17/h10-12H,4-9H2,1-3H3. The van der Waals surface area contributed by atoms with Crippen molar-refractivity contribution in [1.82, 2.24) is 0 Å². The predicted molar refractivity (Wildman–Crippen MR) is 89.1 cm³/mol. The zero-order chi connectivity index (χ0) is 15.6. The van der Waals surface area contributed by atoms with Crippen LogP contribution in [0.3, 0.4) is 0 Å². The van der Waals surface area contributed by atoms with Crippen LogP contribution in [0.2, 0.25) is 0 Å². The summed E-state index contributed by atoms with van der Waals surface area (Å²) in [5, 5.41) is 0. The van der Waals surface area contributed by atoms with Gasteiger partial charge in [0.2, 0.25) is 11.8 Å². The Bertz CT molecular complexity index is 568. The average molecular weight is 300 g/mol. The van der Waals surface area contributed by atoms with Gasteiger partial charge in [0.25, 0.3) is 0 Å². The smallest absolute Gasteiger partial charge is 0.216 e. The maximum Gasteiger partial charge on any atom is 0.216 e. The molecule has 0 saturated heterocycles. The Morgan fingerprint density at radius 1 is 0.818 bits per heavy atom. The highest BCUT2D eigenvalue weighted by atomic mass is 16.5. The summed E-state index contributed by atoms with van der Waals surface area (Å²) in [5.74, 6) is 1.49. The molecule has 0 saturated carbocycles. The van der Waals surface area contributed by atoms with Gasteiger partial charge in [-0.15, -0.1) is 0 Å². The molecule has 4 nitrogen and oxygen atoms in total. The van der Waals surface area contributed by atoms with E-state index in [1.807, 2.05) is 0 Å². The van der Waals surface area contributed by atoms with Crippen molar-refractivity contribution < 1.29 is 9.47 Å². The minimum Gasteiger partial charge on any atom is -0.477 e. The molecule has 0 aliphatic carbocycles. The molecule has 0 aromatic heterocycles. The fourth-order valence-corrected chi connectivity index (χ4v) is 2.58. The maximum atomic E-state index is 5.74. The van der Waals surface area contributed by atoms with Gasteiger partial charge in [0.15, 0.2) is 0 Å². The largest absolute Gasteiger partial charge is 0.477 e. The van der Waals surface area contributed by atoms with Gasteiger partial charge in [0, 0.05) is 37.1 Å². The first kappa shape index (κ1) is 15.1. The van der Waals surface area contributed by atoms with E-state index in [9.17, 15) is 0 Å². The third-order valence-corrected chi connectivity index (χ3v) is 3.89. The van der Waals surface area contributed by atoms with Gasteiger partial charge in [-0.3, -0.25) is 9.98 Å². The lowest BCUT2D eigenvalue weighted by molar-refractivity contribution is 0.283. The van der Waals surface area contributed by atoms with Crippen molar-refractivity contribution in [1.29, 1.82) is 0 Å². The van der Waals surface area contributed by atoms with Crippen molar-refractivity contribution in [3.8, 4) is 0 Å². The molecule has 4 heteroatoms. The van der Waals surface area contributed by atoms with Crippen LogP contribution in [0.5, 0.6) is 0 Å². The van der Waals surface area contributed by atoms with Gasteiger partial charge < -0.3 is 9.47 Å². The zero-order valence-electron chi connectivity index (χ0n) is 13.7. The molecule has 2 heterocycles. The first-order valence-corrected chi connectivity index (χ1v) is 8.05. The summed E-state index contributed by atoms with van der Waals surface area (Å²) in [4.78, 5) is 9.05. The second-order valence-electron chi connectivity index (χ2n) is 6.83. The van der Waals surface area contributed by atoms with Gasteiger partial charge in [-0.2, -0.15) is 0 Å². The van der Waals surface area contributed by atoms with E-state index in [1.165, 1.54) is 5.56 Å². The SMILES string of the molecule is CC(C)(C)c1cc(C2=NCCCO2)cc(C2=NCCCO2)c1. The van der Waals surface area contributed by atoms with Gasteiger partial charge in [-0.1, -0.05) is 20.8 Å². The predicted octanol–water partition coefficient (Wildman–Crippen LogP) is 3.32. The highest BCUT2D eigenvalue weighted by molar-refractivity contribution is 6.00. The van der Waals surface area contributed by atoms with Crippen molar-refractivity contribution in [2.45, 2.75) is 39.0 Å². The van der Waals surface area contributed by atoms with E-state index >= 15 is 0 Å². The Kier molecular flexibility index (Phi) is 4.19. The lowest BCUT2D eigenvalue weighted by Crippen LogP contribution is -2.20. The summed E-state index contributed by atoms with van der Waals surface area (Å²) in [7, 11) is 0. The Morgan fingerprint density at radius 3 is 1.68 bits per heavy atom. The molecule has 118 valence electrons. The molecule has 0 N–H and O–H groups in total. The number of nitrogens with zero attached hydrogens (tertiary/aromatic N) is 2. The van der Waals surface area contributed by atoms with Crippen LogP contribution >= 0.6 is 0 Å². The van der Waals surface area contributed by atoms with Gasteiger partial charge >= 0.3 is 0 Å². The Labute approximate surface area is 132 Å². The number of rotatable bonds is 2. The quantitative estimate of drug-likeness (QED) is 0.841. The second kappa shape index (κ2) is 6.11. The lowest BCUT2D eigenvalue weighted by atomic mass is 9.85. The molecule has 1 aromatic carbocycles. The minimum atomic E-state index is 0.0508. The van der Waals surface area contributed by atoms with E-state index in [4.69, 9.17) is 9.47 Å². The fourth-order valence-electron chi connectivity index (χ4n) is 2.58. The first-order valence-electron chi connectivity index (χ1n) is 8.05. The van der Waals surface area contributed by atoms with Crippen molar-refractivity contribution in [3.63, 3.8) is 0 Å². The molecule has 0 unspecified atom stereocenters. The molecule has 22 heavy (non-hydrogen) atoms. The molecule has 0 radical (unpaired) electrons. The molecular weight excluding hydrogens is 276 g/mol. The van der Waals surface area contributed by atoms with Crippen LogP contribution in [0.15, 0.2) is 28.2 Å². The van der Waals surface area contributed by atoms with Crippen LogP contribution in [0.1, 0.15) is 50.3 Å². The molecule has 2 aliphatic rings. The van der Waals surface area contributed by atoms with Gasteiger partial charge in [0.1, 0.15) is 0 Å². The van der Waals surface area contributed by atoms with Gasteiger partial charge in [-0.05, 0) is 29.2 Å². The second-order valence-corrected chi connectivity index (χ2v) is 6.83. The first-order chi connectivity index (χ1) is 10.5. The average Bonchev–Trinajstić information content (AvgIpc) is 2.55. The van der Waals surface area contributed by atoms with E-state index in [1.54, 1.807) is 0 Å². The van der Waals surface area contributed by atoms with Crippen LogP contribution < -0.4 is 0 Å². The van der Waals surface area contributed by atoms with E-state index in [0.29, 0.717) is 0 Å². The van der Waals surface area contributed by atoms with Crippen molar-refractivity contribution >= 4 is 11.8 Å². The summed E-state index contributed by atoms with van der Waals surface area (Å²) in [6.45, 7) is 9.79. The fraction of sp³-hybridized carbons (Fsp3) is 0.556. The summed E-state index contributed by atoms with van der Waals surface area (Å²) in [6, 6.07) is 6.44. The van der Waals surface area contributed by atoms with Crippen molar-refractivity contribution in [3.05, 3.63) is 34.9 Å². The Balaban J connectivity index is 2.05. The van der Waals surface area contributed by atoms with Crippen LogP contribution in [0.4, 0.5) is 0 Å². The van der Waals surface area contributed by atoms with Crippen LogP contribution in [-0.2, 0) is 14.9 Å². The normalized spacial score (nSPS) is 18.9. The molecule has 2 aliphatic heterocycles. The molecular formula is C18H24N2O2. The third kappa shape index (κ3) is 3.32. The van der Waals surface area contributed by atoms with Crippen LogP contribution in [-0.4, -0.2) is 38.1 Å². The molecule has 1 aromatic rings. The number of hydrogen-bond acceptors (Lipinski definition) is 4. The lowest BCUT2D eigenvalue weighted by Gasteiger charge is -2.23. The highest BCUT2D eigenvalue weighted by Gasteiger charge is 2.21.